The van der Waals surface area contributed by atoms with Crippen molar-refractivity contribution < 1.29 is 19.0 Å². The lowest BCUT2D eigenvalue weighted by Gasteiger charge is -2.19. The Balaban J connectivity index is 1.94. The Bertz CT molecular complexity index is 1110. The second kappa shape index (κ2) is 7.39. The molecule has 0 saturated carbocycles. The summed E-state index contributed by atoms with van der Waals surface area (Å²) in [7, 11) is 0. The second-order valence-corrected chi connectivity index (χ2v) is 7.05. The first-order valence-corrected chi connectivity index (χ1v) is 9.04. The molecule has 0 saturated heterocycles. The van der Waals surface area contributed by atoms with Crippen LogP contribution in [0.2, 0.25) is 10.0 Å². The van der Waals surface area contributed by atoms with E-state index >= 15 is 0 Å². The number of benzene rings is 2. The Labute approximate surface area is 169 Å². The number of carboxylic acids is 1. The molecule has 0 amide bonds. The summed E-state index contributed by atoms with van der Waals surface area (Å²) in [5.41, 5.74) is 2.90. The molecule has 5 nitrogen and oxygen atoms in total. The number of aromatic nitrogens is 2. The first kappa shape index (κ1) is 18.7. The molecule has 1 N–H and O–H groups in total. The molecule has 0 radical (unpaired) electrons. The molecule has 3 aromatic rings. The molecule has 0 unspecified atom stereocenters. The molecule has 2 aromatic carbocycles. The summed E-state index contributed by atoms with van der Waals surface area (Å²) in [5, 5.41) is 14.6. The van der Waals surface area contributed by atoms with Crippen LogP contribution in [0.4, 0.5) is 4.39 Å². The Morgan fingerprint density at radius 3 is 2.61 bits per heavy atom. The zero-order valence-electron chi connectivity index (χ0n) is 14.3. The van der Waals surface area contributed by atoms with Crippen LogP contribution in [-0.2, 0) is 11.3 Å². The summed E-state index contributed by atoms with van der Waals surface area (Å²) in [6.07, 6.45) is 1.81. The highest BCUT2D eigenvalue weighted by Gasteiger charge is 2.29. The van der Waals surface area contributed by atoms with E-state index < -0.39 is 5.97 Å². The van der Waals surface area contributed by atoms with Crippen LogP contribution >= 0.6 is 23.2 Å². The number of aromatic carboxylic acids is 1. The van der Waals surface area contributed by atoms with E-state index in [0.717, 1.165) is 5.56 Å². The second-order valence-electron chi connectivity index (χ2n) is 6.20. The van der Waals surface area contributed by atoms with E-state index in [1.165, 1.54) is 16.8 Å². The standard InChI is InChI=1S/C20H13Cl2FN2O3/c21-13-3-6-17(16(22)8-13)25-19-12(7-11-1-4-14(23)5-2-11)9-28-10-15(19)18(24-25)20(26)27/h1-8H,9-10H2,(H,26,27)/b12-7-. The summed E-state index contributed by atoms with van der Waals surface area (Å²) in [4.78, 5) is 11.7. The van der Waals surface area contributed by atoms with E-state index in [9.17, 15) is 14.3 Å². The lowest BCUT2D eigenvalue weighted by molar-refractivity contribution is 0.0683. The number of carboxylic acid groups (broad SMARTS) is 1. The van der Waals surface area contributed by atoms with Crippen molar-refractivity contribution in [2.24, 2.45) is 0 Å². The minimum Gasteiger partial charge on any atom is -0.476 e. The third-order valence-corrected chi connectivity index (χ3v) is 4.88. The van der Waals surface area contributed by atoms with Crippen LogP contribution in [0.25, 0.3) is 17.3 Å². The van der Waals surface area contributed by atoms with Gasteiger partial charge < -0.3 is 9.84 Å². The van der Waals surface area contributed by atoms with Crippen LogP contribution in [0.1, 0.15) is 27.3 Å². The number of rotatable bonds is 3. The highest BCUT2D eigenvalue weighted by Crippen LogP contribution is 2.34. The summed E-state index contributed by atoms with van der Waals surface area (Å²) >= 11 is 12.3. The number of hydrogen-bond acceptors (Lipinski definition) is 3. The van der Waals surface area contributed by atoms with E-state index in [1.54, 1.807) is 30.3 Å². The Morgan fingerprint density at radius 2 is 1.93 bits per heavy atom. The van der Waals surface area contributed by atoms with Gasteiger partial charge in [-0.3, -0.25) is 0 Å². The third-order valence-electron chi connectivity index (χ3n) is 4.34. The van der Waals surface area contributed by atoms with Gasteiger partial charge in [0.05, 0.1) is 29.6 Å². The SMILES string of the molecule is O=C(O)c1nn(-c2ccc(Cl)cc2Cl)c2c1COC/C2=C/c1ccc(F)cc1. The number of nitrogens with zero attached hydrogens (tertiary/aromatic N) is 2. The number of fused-ring (bicyclic) bond motifs is 1. The fourth-order valence-electron chi connectivity index (χ4n) is 3.12. The van der Waals surface area contributed by atoms with Gasteiger partial charge in [0.2, 0.25) is 0 Å². The first-order valence-electron chi connectivity index (χ1n) is 8.29. The van der Waals surface area contributed by atoms with Crippen molar-refractivity contribution in [2.45, 2.75) is 6.61 Å². The number of carbonyl (C=O) groups is 1. The maximum absolute atomic E-state index is 13.2. The molecule has 0 bridgehead atoms. The average Bonchev–Trinajstić information content (AvgIpc) is 3.04. The first-order chi connectivity index (χ1) is 13.4. The highest BCUT2D eigenvalue weighted by atomic mass is 35.5. The van der Waals surface area contributed by atoms with Gasteiger partial charge in [0.1, 0.15) is 5.82 Å². The van der Waals surface area contributed by atoms with Crippen LogP contribution in [0.3, 0.4) is 0 Å². The van der Waals surface area contributed by atoms with E-state index in [-0.39, 0.29) is 24.7 Å². The van der Waals surface area contributed by atoms with Crippen LogP contribution in [0.15, 0.2) is 42.5 Å². The fourth-order valence-corrected chi connectivity index (χ4v) is 3.61. The number of halogens is 3. The lowest BCUT2D eigenvalue weighted by Crippen LogP contribution is -2.13. The van der Waals surface area contributed by atoms with Gasteiger partial charge in [-0.25, -0.2) is 13.9 Å². The van der Waals surface area contributed by atoms with Gasteiger partial charge in [-0.15, -0.1) is 0 Å². The molecule has 1 aliphatic heterocycles. The fraction of sp³-hybridized carbons (Fsp3) is 0.100. The van der Waals surface area contributed by atoms with Crippen molar-refractivity contribution in [3.63, 3.8) is 0 Å². The molecule has 142 valence electrons. The summed E-state index contributed by atoms with van der Waals surface area (Å²) in [5.74, 6) is -1.50. The zero-order valence-corrected chi connectivity index (χ0v) is 15.8. The zero-order chi connectivity index (χ0) is 19.8. The number of hydrogen-bond donors (Lipinski definition) is 1. The molecule has 2 heterocycles. The molecule has 8 heteroatoms. The Hall–Kier alpha value is -2.67. The van der Waals surface area contributed by atoms with Crippen molar-refractivity contribution in [3.8, 4) is 5.69 Å². The molecule has 1 aromatic heterocycles. The predicted octanol–water partition coefficient (Wildman–Crippen LogP) is 5.09. The van der Waals surface area contributed by atoms with Crippen LogP contribution in [0.5, 0.6) is 0 Å². The minimum absolute atomic E-state index is 0.106. The van der Waals surface area contributed by atoms with E-state index in [4.69, 9.17) is 27.9 Å². The van der Waals surface area contributed by atoms with Crippen molar-refractivity contribution in [3.05, 3.63) is 80.8 Å². The Morgan fingerprint density at radius 1 is 1.18 bits per heavy atom. The van der Waals surface area contributed by atoms with Crippen molar-refractivity contribution in [1.82, 2.24) is 9.78 Å². The van der Waals surface area contributed by atoms with Crippen LogP contribution in [-0.4, -0.2) is 27.5 Å². The van der Waals surface area contributed by atoms with Crippen molar-refractivity contribution in [2.75, 3.05) is 6.61 Å². The maximum atomic E-state index is 13.2. The quantitative estimate of drug-likeness (QED) is 0.643. The summed E-state index contributed by atoms with van der Waals surface area (Å²) < 4.78 is 20.3. The Kier molecular flexibility index (Phi) is 4.93. The van der Waals surface area contributed by atoms with E-state index in [1.807, 2.05) is 6.08 Å². The van der Waals surface area contributed by atoms with Gasteiger partial charge in [0, 0.05) is 16.2 Å². The lowest BCUT2D eigenvalue weighted by atomic mass is 10.0. The van der Waals surface area contributed by atoms with Gasteiger partial charge in [-0.1, -0.05) is 35.3 Å². The number of ether oxygens (including phenoxy) is 1. The molecule has 0 aliphatic carbocycles. The maximum Gasteiger partial charge on any atom is 0.356 e. The molecule has 4 rings (SSSR count). The molecule has 1 aliphatic rings. The minimum atomic E-state index is -1.16. The monoisotopic (exact) mass is 418 g/mol. The van der Waals surface area contributed by atoms with Gasteiger partial charge in [-0.2, -0.15) is 5.10 Å². The molecular weight excluding hydrogens is 406 g/mol. The van der Waals surface area contributed by atoms with E-state index in [2.05, 4.69) is 5.10 Å². The van der Waals surface area contributed by atoms with Crippen LogP contribution < -0.4 is 0 Å². The molecule has 0 spiro atoms. The summed E-state index contributed by atoms with van der Waals surface area (Å²) in [6, 6.07) is 10.9. The predicted molar refractivity (Wildman–Crippen MR) is 104 cm³/mol. The van der Waals surface area contributed by atoms with Gasteiger partial charge >= 0.3 is 5.97 Å². The van der Waals surface area contributed by atoms with Gasteiger partial charge in [0.15, 0.2) is 5.69 Å². The normalized spacial score (nSPS) is 14.9. The smallest absolute Gasteiger partial charge is 0.356 e. The van der Waals surface area contributed by atoms with Gasteiger partial charge in [-0.05, 0) is 42.0 Å². The molecule has 0 fully saturated rings. The average molecular weight is 419 g/mol. The van der Waals surface area contributed by atoms with Crippen LogP contribution in [0, 0.1) is 5.82 Å². The highest BCUT2D eigenvalue weighted by molar-refractivity contribution is 6.35. The van der Waals surface area contributed by atoms with E-state index in [0.29, 0.717) is 32.6 Å². The molecule has 28 heavy (non-hydrogen) atoms. The molecule has 0 atom stereocenters. The summed E-state index contributed by atoms with van der Waals surface area (Å²) in [6.45, 7) is 0.364. The van der Waals surface area contributed by atoms with Crippen molar-refractivity contribution in [1.29, 1.82) is 0 Å². The third kappa shape index (κ3) is 3.42. The largest absolute Gasteiger partial charge is 0.476 e. The molecular formula is C20H13Cl2FN2O3. The van der Waals surface area contributed by atoms with Gasteiger partial charge in [0.25, 0.3) is 0 Å². The van der Waals surface area contributed by atoms with Crippen molar-refractivity contribution >= 4 is 40.8 Å². The topological polar surface area (TPSA) is 64.3 Å².